The van der Waals surface area contributed by atoms with E-state index in [0.29, 0.717) is 0 Å². The van der Waals surface area contributed by atoms with Crippen LogP contribution in [0, 0.1) is 13.5 Å². The van der Waals surface area contributed by atoms with Gasteiger partial charge in [-0.1, -0.05) is 0 Å². The maximum atomic E-state index is 3.50. The third kappa shape index (κ3) is 15.7. The summed E-state index contributed by atoms with van der Waals surface area (Å²) in [7, 11) is 3.50. The van der Waals surface area contributed by atoms with Crippen molar-refractivity contribution in [2.24, 2.45) is 0 Å². The van der Waals surface area contributed by atoms with E-state index in [1.807, 2.05) is 12.2 Å². The van der Waals surface area contributed by atoms with Crippen molar-refractivity contribution in [2.45, 2.75) is 6.42 Å². The van der Waals surface area contributed by atoms with Crippen molar-refractivity contribution < 1.29 is 25.8 Å². The average molecular weight is 303 g/mol. The summed E-state index contributed by atoms with van der Waals surface area (Å²) in [6.07, 6.45) is 10.0. The van der Waals surface area contributed by atoms with E-state index in [1.165, 1.54) is 0 Å². The van der Waals surface area contributed by atoms with Gasteiger partial charge >= 0.3 is 0 Å². The van der Waals surface area contributed by atoms with Crippen LogP contribution in [-0.2, 0) is 25.8 Å². The molecule has 58 valence electrons. The molecule has 10 heavy (non-hydrogen) atoms. The third-order valence-electron chi connectivity index (χ3n) is 0.586. The predicted molar refractivity (Wildman–Crippen MR) is 43.2 cm³/mol. The van der Waals surface area contributed by atoms with Gasteiger partial charge in [-0.15, -0.1) is 6.42 Å². The van der Waals surface area contributed by atoms with Crippen LogP contribution in [0.1, 0.15) is 6.42 Å². The van der Waals surface area contributed by atoms with Crippen LogP contribution in [0.3, 0.4) is 0 Å². The summed E-state index contributed by atoms with van der Waals surface area (Å²) in [6, 6.07) is 0. The van der Waals surface area contributed by atoms with Crippen molar-refractivity contribution >= 4 is 0 Å². The molecule has 0 heterocycles. The zero-order valence-corrected chi connectivity index (χ0v) is 10.5. The van der Waals surface area contributed by atoms with Gasteiger partial charge in [-0.25, -0.2) is 12.2 Å². The van der Waals surface area contributed by atoms with Crippen molar-refractivity contribution in [1.82, 2.24) is 0 Å². The van der Waals surface area contributed by atoms with Crippen molar-refractivity contribution in [1.29, 1.82) is 0 Å². The quantitative estimate of drug-likeness (QED) is 0.482. The van der Waals surface area contributed by atoms with Crippen LogP contribution in [-0.4, -0.2) is 14.1 Å². The van der Waals surface area contributed by atoms with Crippen molar-refractivity contribution in [3.63, 3.8) is 0 Å². The number of hydrogen-bond acceptors (Lipinski definition) is 0. The van der Waals surface area contributed by atoms with Gasteiger partial charge < -0.3 is 12.7 Å². The fraction of sp³-hybridized carbons (Fsp3) is 0.375. The Kier molecular flexibility index (Phi) is 27.0. The Balaban J connectivity index is -0.0000000900. The van der Waals surface area contributed by atoms with Crippen LogP contribution in [0.25, 0.3) is 5.32 Å². The molecule has 0 spiro atoms. The Morgan fingerprint density at radius 2 is 1.90 bits per heavy atom. The van der Waals surface area contributed by atoms with Crippen molar-refractivity contribution in [2.75, 3.05) is 14.1 Å². The van der Waals surface area contributed by atoms with Gasteiger partial charge in [-0.05, 0) is 0 Å². The van der Waals surface area contributed by atoms with Crippen LogP contribution in [0.4, 0.5) is 0 Å². The molecule has 0 atom stereocenters. The van der Waals surface area contributed by atoms with Gasteiger partial charge in [0.25, 0.3) is 0 Å². The fourth-order valence-corrected chi connectivity index (χ4v) is 0.340. The largest absolute Gasteiger partial charge is 0.668 e. The van der Waals surface area contributed by atoms with E-state index >= 15 is 0 Å². The first-order valence-corrected chi connectivity index (χ1v) is 2.61. The second-order valence-electron chi connectivity index (χ2n) is 1.45. The van der Waals surface area contributed by atoms with E-state index in [-0.39, 0.29) is 33.3 Å². The van der Waals surface area contributed by atoms with Crippen LogP contribution in [0.5, 0.6) is 0 Å². The van der Waals surface area contributed by atoms with Gasteiger partial charge in [-0.3, -0.25) is 6.08 Å². The summed E-state index contributed by atoms with van der Waals surface area (Å²) >= 11 is 0. The van der Waals surface area contributed by atoms with Crippen molar-refractivity contribution in [3.05, 3.63) is 37.0 Å². The molecule has 0 aromatic rings. The minimum Gasteiger partial charge on any atom is -0.668 e. The van der Waals surface area contributed by atoms with Crippen LogP contribution in [0.2, 0.25) is 0 Å². The van der Waals surface area contributed by atoms with Gasteiger partial charge in [0, 0.05) is 25.8 Å². The molecule has 0 amide bonds. The predicted octanol–water partition coefficient (Wildman–Crippen LogP) is 2.37. The zero-order valence-electron chi connectivity index (χ0n) is 6.89. The summed E-state index contributed by atoms with van der Waals surface area (Å²) in [5, 5.41) is 3.50. The first kappa shape index (κ1) is 16.7. The van der Waals surface area contributed by atoms with E-state index in [4.69, 9.17) is 0 Å². The van der Waals surface area contributed by atoms with Gasteiger partial charge in [0.15, 0.2) is 0 Å². The van der Waals surface area contributed by atoms with E-state index in [2.05, 4.69) is 17.5 Å². The van der Waals surface area contributed by atoms with E-state index in [1.54, 1.807) is 14.1 Å². The first-order chi connectivity index (χ1) is 3.91. The Morgan fingerprint density at radius 3 is 2.00 bits per heavy atom. The molecule has 0 radical (unpaired) electrons. The number of nitrogens with zero attached hydrogens (tertiary/aromatic N) is 1. The molecule has 0 fully saturated rings. The maximum Gasteiger partial charge on any atom is 0 e. The molecule has 0 N–H and O–H groups in total. The summed E-state index contributed by atoms with van der Waals surface area (Å²) in [4.78, 5) is 0. The van der Waals surface area contributed by atoms with Crippen molar-refractivity contribution in [3.8, 4) is 0 Å². The smallest absolute Gasteiger partial charge is 0 e. The SMILES string of the molecule is C[N-]C.[C-]1=CC=CC1.[CH3-].[Hf]. The topological polar surface area (TPSA) is 14.1 Å². The standard InChI is InChI=1S/C5H5.C2H6N.CH3.Hf/c1-2-4-5-3-1;1-3-2;;/h1-3H,4H2;1-2H3;1H3;/q3*-1;. The molecule has 2 heteroatoms. The summed E-state index contributed by atoms with van der Waals surface area (Å²) < 4.78 is 0. The molecule has 1 nitrogen and oxygen atoms in total. The van der Waals surface area contributed by atoms with E-state index in [9.17, 15) is 0 Å². The van der Waals surface area contributed by atoms with Gasteiger partial charge in [0.2, 0.25) is 0 Å². The number of allylic oxidation sites excluding steroid dienone is 4. The molecule has 0 aliphatic heterocycles. The third-order valence-corrected chi connectivity index (χ3v) is 0.586. The molecular weight excluding hydrogens is 289 g/mol. The van der Waals surface area contributed by atoms with Crippen LogP contribution in [0.15, 0.2) is 18.2 Å². The molecule has 0 unspecified atom stereocenters. The number of hydrogen-bond donors (Lipinski definition) is 0. The molecule has 1 aliphatic rings. The summed E-state index contributed by atoms with van der Waals surface area (Å²) in [6.45, 7) is 0. The van der Waals surface area contributed by atoms with Crippen LogP contribution < -0.4 is 0 Å². The molecule has 0 aromatic heterocycles. The Bertz CT molecular complexity index is 77.3. The molecule has 1 aliphatic carbocycles. The Morgan fingerprint density at radius 1 is 1.40 bits per heavy atom. The molecule has 0 saturated carbocycles. The molecule has 0 saturated heterocycles. The van der Waals surface area contributed by atoms with Crippen LogP contribution >= 0.6 is 0 Å². The van der Waals surface area contributed by atoms with Gasteiger partial charge in [-0.2, -0.15) is 20.2 Å². The van der Waals surface area contributed by atoms with Gasteiger partial charge in [0.05, 0.1) is 0 Å². The molecule has 1 rings (SSSR count). The zero-order chi connectivity index (χ0) is 6.24. The molecular formula is C8H14HfN-3. The normalized spacial score (nSPS) is 10.6. The summed E-state index contributed by atoms with van der Waals surface area (Å²) in [5.74, 6) is 0. The minimum atomic E-state index is 0. The second-order valence-corrected chi connectivity index (χ2v) is 1.45. The average Bonchev–Trinajstić information content (AvgIpc) is 2.17. The van der Waals surface area contributed by atoms with E-state index in [0.717, 1.165) is 6.42 Å². The second kappa shape index (κ2) is 16.1. The van der Waals surface area contributed by atoms with E-state index < -0.39 is 0 Å². The Labute approximate surface area is 83.4 Å². The Hall–Kier alpha value is 0.310. The monoisotopic (exact) mass is 304 g/mol. The summed E-state index contributed by atoms with van der Waals surface area (Å²) in [5.41, 5.74) is 0. The minimum absolute atomic E-state index is 0. The fourth-order valence-electron chi connectivity index (χ4n) is 0.340. The maximum absolute atomic E-state index is 3.50. The molecule has 0 aromatic carbocycles. The van der Waals surface area contributed by atoms with Gasteiger partial charge in [0.1, 0.15) is 0 Å². The molecule has 0 bridgehead atoms. The number of rotatable bonds is 0. The first-order valence-electron chi connectivity index (χ1n) is 2.61.